The van der Waals surface area contributed by atoms with Crippen molar-refractivity contribution in [3.8, 4) is 0 Å². The van der Waals surface area contributed by atoms with E-state index in [9.17, 15) is 0 Å². The van der Waals surface area contributed by atoms with E-state index in [1.165, 1.54) is 17.6 Å². The van der Waals surface area contributed by atoms with Crippen molar-refractivity contribution >= 4 is 6.08 Å². The van der Waals surface area contributed by atoms with Gasteiger partial charge < -0.3 is 0 Å². The van der Waals surface area contributed by atoms with Gasteiger partial charge in [0.2, 0.25) is 0 Å². The molecule has 0 fully saturated rings. The highest BCUT2D eigenvalue weighted by molar-refractivity contribution is 5.54. The average Bonchev–Trinajstić information content (AvgIpc) is 2.78. The minimum Gasteiger partial charge on any atom is -0.0807 e. The smallest absolute Gasteiger partial charge is 0.0157 e. The van der Waals surface area contributed by atoms with Crippen LogP contribution in [0.3, 0.4) is 0 Å². The third-order valence-corrected chi connectivity index (χ3v) is 2.29. The van der Waals surface area contributed by atoms with E-state index in [-0.39, 0.29) is 0 Å². The van der Waals surface area contributed by atoms with Crippen molar-refractivity contribution in [3.63, 3.8) is 0 Å². The van der Waals surface area contributed by atoms with Gasteiger partial charge in [-0.1, -0.05) is 107 Å². The fourth-order valence-electron chi connectivity index (χ4n) is 1.48. The summed E-state index contributed by atoms with van der Waals surface area (Å²) in [7, 11) is 0. The van der Waals surface area contributed by atoms with Crippen molar-refractivity contribution < 1.29 is 0 Å². The van der Waals surface area contributed by atoms with E-state index in [1.807, 2.05) is 19.9 Å². The summed E-state index contributed by atoms with van der Waals surface area (Å²) in [5.74, 6) is 0. The zero-order chi connectivity index (χ0) is 15.1. The van der Waals surface area contributed by atoms with Gasteiger partial charge in [-0.3, -0.25) is 0 Å². The molecule has 1 aliphatic rings. The first-order valence-electron chi connectivity index (χ1n) is 7.63. The highest BCUT2D eigenvalue weighted by Crippen LogP contribution is 2.09. The molecule has 0 nitrogen and oxygen atoms in total. The van der Waals surface area contributed by atoms with Gasteiger partial charge in [-0.15, -0.1) is 0 Å². The molecule has 0 aliphatic heterocycles. The second-order valence-electron chi connectivity index (χ2n) is 4.18. The lowest BCUT2D eigenvalue weighted by molar-refractivity contribution is 1.09. The Hall–Kier alpha value is -1.82. The van der Waals surface area contributed by atoms with Crippen molar-refractivity contribution in [1.82, 2.24) is 0 Å². The van der Waals surface area contributed by atoms with Gasteiger partial charge in [0.1, 0.15) is 0 Å². The van der Waals surface area contributed by atoms with E-state index in [0.717, 1.165) is 6.42 Å². The van der Waals surface area contributed by atoms with Crippen LogP contribution in [0, 0.1) is 0 Å². The number of rotatable bonds is 2. The Morgan fingerprint density at radius 1 is 0.950 bits per heavy atom. The summed E-state index contributed by atoms with van der Waals surface area (Å²) >= 11 is 0. The van der Waals surface area contributed by atoms with E-state index in [2.05, 4.69) is 80.6 Å². The maximum atomic E-state index is 2.22. The van der Waals surface area contributed by atoms with Crippen LogP contribution in [-0.2, 0) is 0 Å². The Labute approximate surface area is 125 Å². The zero-order valence-electron chi connectivity index (χ0n) is 13.3. The largest absolute Gasteiger partial charge is 0.0807 e. The van der Waals surface area contributed by atoms with E-state index in [0.29, 0.717) is 0 Å². The quantitative estimate of drug-likeness (QED) is 0.568. The molecule has 0 aromatic heterocycles. The van der Waals surface area contributed by atoms with Crippen LogP contribution in [0.2, 0.25) is 0 Å². The summed E-state index contributed by atoms with van der Waals surface area (Å²) in [5.41, 5.74) is 2.51. The molecule has 0 saturated heterocycles. The van der Waals surface area contributed by atoms with Crippen LogP contribution in [0.15, 0.2) is 72.4 Å². The number of benzene rings is 1. The van der Waals surface area contributed by atoms with Gasteiger partial charge in [-0.25, -0.2) is 0 Å². The molecule has 1 aromatic rings. The summed E-state index contributed by atoms with van der Waals surface area (Å²) in [5, 5.41) is 0. The lowest BCUT2D eigenvalue weighted by Crippen LogP contribution is -1.72. The molecule has 0 bridgehead atoms. The number of allylic oxidation sites excluding steroid dienone is 7. The highest BCUT2D eigenvalue weighted by Gasteiger charge is 1.88. The predicted molar refractivity (Wildman–Crippen MR) is 93.8 cm³/mol. The van der Waals surface area contributed by atoms with Gasteiger partial charge in [-0.2, -0.15) is 0 Å². The lowest BCUT2D eigenvalue weighted by Gasteiger charge is -1.93. The van der Waals surface area contributed by atoms with Gasteiger partial charge in [-0.05, 0) is 17.6 Å². The van der Waals surface area contributed by atoms with Gasteiger partial charge >= 0.3 is 0 Å². The molecule has 0 saturated carbocycles. The van der Waals surface area contributed by atoms with Gasteiger partial charge in [0, 0.05) is 0 Å². The normalized spacial score (nSPS) is 12.7. The molecule has 0 unspecified atom stereocenters. The number of hydrogen-bond acceptors (Lipinski definition) is 0. The molecule has 108 valence electrons. The Kier molecular flexibility index (Phi) is 12.4. The average molecular weight is 268 g/mol. The molecule has 0 N–H and O–H groups in total. The van der Waals surface area contributed by atoms with E-state index < -0.39 is 0 Å². The molecule has 2 rings (SSSR count). The molecule has 0 amide bonds. The second-order valence-corrected chi connectivity index (χ2v) is 4.18. The van der Waals surface area contributed by atoms with Crippen molar-refractivity contribution in [1.29, 1.82) is 0 Å². The Morgan fingerprint density at radius 3 is 2.25 bits per heavy atom. The summed E-state index contributed by atoms with van der Waals surface area (Å²) in [4.78, 5) is 0. The molecule has 20 heavy (non-hydrogen) atoms. The third-order valence-electron chi connectivity index (χ3n) is 2.29. The summed E-state index contributed by atoms with van der Waals surface area (Å²) in [6, 6.07) is 10.4. The predicted octanol–water partition coefficient (Wildman–Crippen LogP) is 6.58. The van der Waals surface area contributed by atoms with Crippen LogP contribution >= 0.6 is 0 Å². The summed E-state index contributed by atoms with van der Waals surface area (Å²) < 4.78 is 0. The van der Waals surface area contributed by atoms with Gasteiger partial charge in [0.15, 0.2) is 0 Å². The third kappa shape index (κ3) is 9.16. The van der Waals surface area contributed by atoms with E-state index >= 15 is 0 Å². The number of hydrogen-bond donors (Lipinski definition) is 0. The van der Waals surface area contributed by atoms with Crippen LogP contribution < -0.4 is 0 Å². The van der Waals surface area contributed by atoms with Crippen molar-refractivity contribution in [2.75, 3.05) is 0 Å². The minimum atomic E-state index is 1.02. The zero-order valence-corrected chi connectivity index (χ0v) is 13.3. The molecule has 1 aromatic carbocycles. The Balaban J connectivity index is 0.000000641. The second kappa shape index (κ2) is 13.6. The van der Waals surface area contributed by atoms with Crippen molar-refractivity contribution in [2.45, 2.75) is 40.5 Å². The monoisotopic (exact) mass is 268 g/mol. The molecule has 0 heterocycles. The maximum absolute atomic E-state index is 2.22. The molecular weight excluding hydrogens is 240 g/mol. The van der Waals surface area contributed by atoms with Crippen LogP contribution in [0.5, 0.6) is 0 Å². The Bertz CT molecular complexity index is 430. The van der Waals surface area contributed by atoms with Crippen LogP contribution in [-0.4, -0.2) is 0 Å². The van der Waals surface area contributed by atoms with Gasteiger partial charge in [0.25, 0.3) is 0 Å². The maximum Gasteiger partial charge on any atom is -0.0157 e. The SMILES string of the molecule is C1=CCC=C(/C=C\c2ccccc2)C=C1.CC.CCC. The van der Waals surface area contributed by atoms with Crippen molar-refractivity contribution in [2.24, 2.45) is 0 Å². The summed E-state index contributed by atoms with van der Waals surface area (Å²) in [6.45, 7) is 8.25. The minimum absolute atomic E-state index is 1.02. The fourth-order valence-corrected chi connectivity index (χ4v) is 1.48. The van der Waals surface area contributed by atoms with E-state index in [4.69, 9.17) is 0 Å². The molecule has 1 aliphatic carbocycles. The van der Waals surface area contributed by atoms with Crippen LogP contribution in [0.1, 0.15) is 46.1 Å². The standard InChI is InChI=1S/C15H14.C3H8.C2H6/c1-2-5-9-14(8-4-1)12-13-15-10-6-3-7-11-15;1-3-2;1-2/h1-4,6-13H,5H2;3H2,1-2H3;1-2H3/b13-12-;;. The molecule has 0 heteroatoms. The van der Waals surface area contributed by atoms with E-state index in [1.54, 1.807) is 0 Å². The fraction of sp³-hybridized carbons (Fsp3) is 0.300. The highest BCUT2D eigenvalue weighted by atomic mass is 13.9. The van der Waals surface area contributed by atoms with Gasteiger partial charge in [0.05, 0.1) is 0 Å². The first-order valence-corrected chi connectivity index (χ1v) is 7.63. The topological polar surface area (TPSA) is 0 Å². The molecule has 0 spiro atoms. The summed E-state index contributed by atoms with van der Waals surface area (Å²) in [6.07, 6.45) is 17.2. The van der Waals surface area contributed by atoms with Crippen LogP contribution in [0.25, 0.3) is 6.08 Å². The van der Waals surface area contributed by atoms with Crippen LogP contribution in [0.4, 0.5) is 0 Å². The molecular formula is C20H28. The molecule has 0 radical (unpaired) electrons. The van der Waals surface area contributed by atoms with Crippen molar-refractivity contribution in [3.05, 3.63) is 77.9 Å². The molecule has 0 atom stereocenters. The first kappa shape index (κ1) is 18.2. The first-order chi connectivity index (χ1) is 9.86. The lowest BCUT2D eigenvalue weighted by atomic mass is 10.1. The Morgan fingerprint density at radius 2 is 1.60 bits per heavy atom.